The van der Waals surface area contributed by atoms with Crippen LogP contribution in [-0.2, 0) is 0 Å². The smallest absolute Gasteiger partial charge is 0.261 e. The molecule has 1 atom stereocenters. The van der Waals surface area contributed by atoms with Crippen LogP contribution in [0.15, 0.2) is 39.7 Å². The minimum Gasteiger partial charge on any atom is -0.463 e. The molecule has 2 aromatic rings. The molecule has 0 bridgehead atoms. The highest BCUT2D eigenvalue weighted by Crippen LogP contribution is 2.16. The molecule has 1 aliphatic heterocycles. The Morgan fingerprint density at radius 3 is 3.00 bits per heavy atom. The number of likely N-dealkylation sites (tertiary alicyclic amines) is 1. The summed E-state index contributed by atoms with van der Waals surface area (Å²) in [5, 5.41) is 2.97. The zero-order chi connectivity index (χ0) is 16.2. The molecule has 2 aromatic heterocycles. The summed E-state index contributed by atoms with van der Waals surface area (Å²) in [7, 11) is 0. The third-order valence-corrected chi connectivity index (χ3v) is 4.23. The molecule has 6 nitrogen and oxygen atoms in total. The lowest BCUT2D eigenvalue weighted by Crippen LogP contribution is -2.48. The standard InChI is InChI=1S/C17H21N3O3/c1-2-20-9-3-5-12(11-20)18-16(21)13-7-8-14(19-17(13)22)15-6-4-10-23-15/h4,6-8,10,12H,2-3,5,9,11H2,1H3,(H,18,21)(H,19,22)/t12-/m0/s1. The summed E-state index contributed by atoms with van der Waals surface area (Å²) in [5.41, 5.74) is 0.292. The fourth-order valence-electron chi connectivity index (χ4n) is 2.95. The molecule has 1 aliphatic rings. The molecule has 0 spiro atoms. The van der Waals surface area contributed by atoms with Crippen molar-refractivity contribution in [2.75, 3.05) is 19.6 Å². The molecule has 6 heteroatoms. The SMILES string of the molecule is CCN1CCC[C@H](NC(=O)c2ccc(-c3ccco3)[nH]c2=O)C1. The summed E-state index contributed by atoms with van der Waals surface area (Å²) in [4.78, 5) is 29.5. The molecular weight excluding hydrogens is 294 g/mol. The number of carbonyl (C=O) groups is 1. The van der Waals surface area contributed by atoms with Crippen molar-refractivity contribution in [1.29, 1.82) is 0 Å². The number of aromatic nitrogens is 1. The Bertz CT molecular complexity index is 721. The maximum atomic E-state index is 12.4. The van der Waals surface area contributed by atoms with Crippen molar-refractivity contribution in [1.82, 2.24) is 15.2 Å². The largest absolute Gasteiger partial charge is 0.463 e. The second-order valence-electron chi connectivity index (χ2n) is 5.80. The molecule has 0 saturated carbocycles. The van der Waals surface area contributed by atoms with Gasteiger partial charge in [-0.3, -0.25) is 9.59 Å². The number of rotatable bonds is 4. The molecule has 122 valence electrons. The average Bonchev–Trinajstić information content (AvgIpc) is 3.09. The summed E-state index contributed by atoms with van der Waals surface area (Å²) in [6.07, 6.45) is 3.55. The van der Waals surface area contributed by atoms with Gasteiger partial charge in [-0.05, 0) is 50.2 Å². The molecule has 0 aromatic carbocycles. The molecule has 0 radical (unpaired) electrons. The van der Waals surface area contributed by atoms with Crippen LogP contribution in [0.2, 0.25) is 0 Å². The highest BCUT2D eigenvalue weighted by Gasteiger charge is 2.22. The van der Waals surface area contributed by atoms with E-state index < -0.39 is 5.56 Å². The van der Waals surface area contributed by atoms with Crippen molar-refractivity contribution in [2.24, 2.45) is 0 Å². The molecule has 0 aliphatic carbocycles. The molecule has 3 rings (SSSR count). The van der Waals surface area contributed by atoms with Crippen molar-refractivity contribution in [3.05, 3.63) is 46.4 Å². The summed E-state index contributed by atoms with van der Waals surface area (Å²) >= 11 is 0. The first-order valence-electron chi connectivity index (χ1n) is 7.98. The second-order valence-corrected chi connectivity index (χ2v) is 5.80. The van der Waals surface area contributed by atoms with Gasteiger partial charge in [0.25, 0.3) is 11.5 Å². The van der Waals surface area contributed by atoms with Crippen molar-refractivity contribution in [3.8, 4) is 11.5 Å². The number of aromatic amines is 1. The van der Waals surface area contributed by atoms with Crippen LogP contribution < -0.4 is 10.9 Å². The van der Waals surface area contributed by atoms with Crippen LogP contribution in [-0.4, -0.2) is 41.5 Å². The van der Waals surface area contributed by atoms with Gasteiger partial charge in [0.2, 0.25) is 0 Å². The van der Waals surface area contributed by atoms with E-state index in [1.807, 2.05) is 0 Å². The molecule has 1 saturated heterocycles. The third kappa shape index (κ3) is 3.53. The van der Waals surface area contributed by atoms with E-state index in [0.717, 1.165) is 32.5 Å². The molecule has 2 N–H and O–H groups in total. The number of hydrogen-bond acceptors (Lipinski definition) is 4. The van der Waals surface area contributed by atoms with Crippen LogP contribution in [0.3, 0.4) is 0 Å². The Hall–Kier alpha value is -2.34. The topological polar surface area (TPSA) is 78.3 Å². The van der Waals surface area contributed by atoms with Crippen molar-refractivity contribution < 1.29 is 9.21 Å². The Morgan fingerprint density at radius 1 is 1.43 bits per heavy atom. The number of hydrogen-bond donors (Lipinski definition) is 2. The monoisotopic (exact) mass is 315 g/mol. The van der Waals surface area contributed by atoms with Crippen LogP contribution in [0.5, 0.6) is 0 Å². The maximum absolute atomic E-state index is 12.4. The van der Waals surface area contributed by atoms with E-state index in [1.165, 1.54) is 6.26 Å². The van der Waals surface area contributed by atoms with Gasteiger partial charge in [-0.1, -0.05) is 6.92 Å². The Kier molecular flexibility index (Phi) is 4.62. The third-order valence-electron chi connectivity index (χ3n) is 4.23. The highest BCUT2D eigenvalue weighted by atomic mass is 16.3. The van der Waals surface area contributed by atoms with E-state index in [-0.39, 0.29) is 17.5 Å². The number of nitrogens with zero attached hydrogens (tertiary/aromatic N) is 1. The summed E-state index contributed by atoms with van der Waals surface area (Å²) < 4.78 is 5.24. The van der Waals surface area contributed by atoms with Crippen LogP contribution >= 0.6 is 0 Å². The van der Waals surface area contributed by atoms with Gasteiger partial charge in [-0.2, -0.15) is 0 Å². The first-order chi connectivity index (χ1) is 11.2. The Balaban J connectivity index is 1.71. The van der Waals surface area contributed by atoms with E-state index in [9.17, 15) is 9.59 Å². The fraction of sp³-hybridized carbons (Fsp3) is 0.412. The lowest BCUT2D eigenvalue weighted by molar-refractivity contribution is 0.0904. The van der Waals surface area contributed by atoms with Crippen LogP contribution in [0.4, 0.5) is 0 Å². The van der Waals surface area contributed by atoms with Gasteiger partial charge in [0, 0.05) is 12.6 Å². The van der Waals surface area contributed by atoms with Crippen molar-refractivity contribution >= 4 is 5.91 Å². The quantitative estimate of drug-likeness (QED) is 0.902. The van der Waals surface area contributed by atoms with Gasteiger partial charge >= 0.3 is 0 Å². The van der Waals surface area contributed by atoms with Gasteiger partial charge < -0.3 is 19.6 Å². The number of carbonyl (C=O) groups excluding carboxylic acids is 1. The minimum atomic E-state index is -0.403. The fourth-order valence-corrected chi connectivity index (χ4v) is 2.95. The molecule has 1 amide bonds. The zero-order valence-electron chi connectivity index (χ0n) is 13.2. The van der Waals surface area contributed by atoms with Crippen LogP contribution in [0.25, 0.3) is 11.5 Å². The lowest BCUT2D eigenvalue weighted by Gasteiger charge is -2.32. The molecule has 23 heavy (non-hydrogen) atoms. The molecule has 1 fully saturated rings. The number of nitrogens with one attached hydrogen (secondary N) is 2. The van der Waals surface area contributed by atoms with Crippen molar-refractivity contribution in [2.45, 2.75) is 25.8 Å². The predicted octanol–water partition coefficient (Wildman–Crippen LogP) is 1.85. The van der Waals surface area contributed by atoms with Gasteiger partial charge in [0.15, 0.2) is 0 Å². The van der Waals surface area contributed by atoms with E-state index in [2.05, 4.69) is 22.1 Å². The second kappa shape index (κ2) is 6.83. The molecule has 0 unspecified atom stereocenters. The summed E-state index contributed by atoms with van der Waals surface area (Å²) in [6, 6.07) is 6.84. The molecular formula is C17H21N3O3. The number of piperidine rings is 1. The average molecular weight is 315 g/mol. The zero-order valence-corrected chi connectivity index (χ0v) is 13.2. The highest BCUT2D eigenvalue weighted by molar-refractivity contribution is 5.94. The first-order valence-corrected chi connectivity index (χ1v) is 7.98. The summed E-state index contributed by atoms with van der Waals surface area (Å²) in [5.74, 6) is 0.250. The first kappa shape index (κ1) is 15.6. The minimum absolute atomic E-state index is 0.0975. The number of H-pyrrole nitrogens is 1. The van der Waals surface area contributed by atoms with Crippen LogP contribution in [0.1, 0.15) is 30.1 Å². The maximum Gasteiger partial charge on any atom is 0.261 e. The number of pyridine rings is 1. The Labute approximate surface area is 134 Å². The predicted molar refractivity (Wildman–Crippen MR) is 87.4 cm³/mol. The van der Waals surface area contributed by atoms with E-state index in [0.29, 0.717) is 11.5 Å². The van der Waals surface area contributed by atoms with Gasteiger partial charge in [0.1, 0.15) is 11.3 Å². The van der Waals surface area contributed by atoms with E-state index >= 15 is 0 Å². The van der Waals surface area contributed by atoms with Crippen molar-refractivity contribution in [3.63, 3.8) is 0 Å². The number of likely N-dealkylation sites (N-methyl/N-ethyl adjacent to an activating group) is 1. The molecule has 3 heterocycles. The van der Waals surface area contributed by atoms with E-state index in [4.69, 9.17) is 4.42 Å². The number of amides is 1. The number of furan rings is 1. The van der Waals surface area contributed by atoms with Gasteiger partial charge in [-0.25, -0.2) is 0 Å². The lowest BCUT2D eigenvalue weighted by atomic mass is 10.1. The normalized spacial score (nSPS) is 18.7. The summed E-state index contributed by atoms with van der Waals surface area (Å²) in [6.45, 7) is 5.00. The van der Waals surface area contributed by atoms with Crippen LogP contribution in [0, 0.1) is 0 Å². The van der Waals surface area contributed by atoms with E-state index in [1.54, 1.807) is 24.3 Å². The van der Waals surface area contributed by atoms with Gasteiger partial charge in [0.05, 0.1) is 12.0 Å². The Morgan fingerprint density at radius 2 is 2.30 bits per heavy atom. The van der Waals surface area contributed by atoms with Gasteiger partial charge in [-0.15, -0.1) is 0 Å².